The molecule has 0 bridgehead atoms. The monoisotopic (exact) mass is 401 g/mol. The van der Waals surface area contributed by atoms with Crippen LogP contribution in [0.5, 0.6) is 0 Å². The van der Waals surface area contributed by atoms with Gasteiger partial charge in [-0.05, 0) is 35.4 Å². The maximum atomic E-state index is 13.5. The van der Waals surface area contributed by atoms with Crippen molar-refractivity contribution in [3.8, 4) is 0 Å². The molecular formula is C23H16FN3OS. The van der Waals surface area contributed by atoms with Crippen molar-refractivity contribution in [3.05, 3.63) is 101 Å². The van der Waals surface area contributed by atoms with E-state index in [0.717, 1.165) is 31.9 Å². The van der Waals surface area contributed by atoms with Crippen LogP contribution in [-0.4, -0.2) is 11.0 Å². The zero-order chi connectivity index (χ0) is 19.8. The Kier molecular flexibility index (Phi) is 4.33. The third-order valence-corrected chi connectivity index (χ3v) is 5.93. The lowest BCUT2D eigenvalue weighted by atomic mass is 9.93. The van der Waals surface area contributed by atoms with Crippen LogP contribution in [0, 0.1) is 5.82 Å². The summed E-state index contributed by atoms with van der Waals surface area (Å²) in [7, 11) is 0. The number of hydrogen-bond acceptors (Lipinski definition) is 3. The molecule has 29 heavy (non-hydrogen) atoms. The van der Waals surface area contributed by atoms with Crippen LogP contribution >= 0.6 is 11.3 Å². The Labute approximate surface area is 170 Å². The molecule has 1 aliphatic heterocycles. The summed E-state index contributed by atoms with van der Waals surface area (Å²) in [6.07, 6.45) is 0. The average Bonchev–Trinajstić information content (AvgIpc) is 3.18. The first kappa shape index (κ1) is 17.6. The molecule has 0 unspecified atom stereocenters. The number of fused-ring (bicyclic) bond motifs is 1. The fraction of sp³-hybridized carbons (Fsp3) is 0.0435. The summed E-state index contributed by atoms with van der Waals surface area (Å²) in [6.45, 7) is 0. The molecule has 4 aromatic rings. The summed E-state index contributed by atoms with van der Waals surface area (Å²) in [5.74, 6) is -0.317. The Balaban J connectivity index is 1.76. The summed E-state index contributed by atoms with van der Waals surface area (Å²) in [5, 5.41) is 6.75. The number of rotatable bonds is 3. The van der Waals surface area contributed by atoms with Crippen molar-refractivity contribution in [2.75, 3.05) is 0 Å². The predicted octanol–water partition coefficient (Wildman–Crippen LogP) is 5.36. The van der Waals surface area contributed by atoms with Gasteiger partial charge < -0.3 is 10.6 Å². The standard InChI is InChI=1S/C23H16FN3OS/c24-16-12-10-15(11-13-16)21-19(22-25-17-8-4-5-9-18(17)29-22)20(26-23(28)27-21)14-6-2-1-3-7-14/h1-13,21H,(H2,26,27,28)/t21-/m0/s1. The second kappa shape index (κ2) is 7.14. The Morgan fingerprint density at radius 3 is 2.38 bits per heavy atom. The van der Waals surface area contributed by atoms with E-state index in [2.05, 4.69) is 10.6 Å². The highest BCUT2D eigenvalue weighted by atomic mass is 32.1. The van der Waals surface area contributed by atoms with Crippen molar-refractivity contribution in [2.24, 2.45) is 0 Å². The predicted molar refractivity (Wildman–Crippen MR) is 114 cm³/mol. The van der Waals surface area contributed by atoms with E-state index in [4.69, 9.17) is 4.98 Å². The molecule has 1 atom stereocenters. The maximum Gasteiger partial charge on any atom is 0.320 e. The lowest BCUT2D eigenvalue weighted by molar-refractivity contribution is 0.242. The maximum absolute atomic E-state index is 13.5. The molecule has 0 aliphatic carbocycles. The number of nitrogens with one attached hydrogen (secondary N) is 2. The topological polar surface area (TPSA) is 54.0 Å². The van der Waals surface area contributed by atoms with Crippen molar-refractivity contribution in [2.45, 2.75) is 6.04 Å². The van der Waals surface area contributed by atoms with Gasteiger partial charge in [0.05, 0.1) is 22.0 Å². The highest BCUT2D eigenvalue weighted by Gasteiger charge is 2.31. The normalized spacial score (nSPS) is 16.6. The van der Waals surface area contributed by atoms with Gasteiger partial charge in [0.15, 0.2) is 0 Å². The van der Waals surface area contributed by atoms with Gasteiger partial charge in [0.1, 0.15) is 10.8 Å². The van der Waals surface area contributed by atoms with Gasteiger partial charge in [-0.2, -0.15) is 0 Å². The van der Waals surface area contributed by atoms with E-state index in [1.54, 1.807) is 23.5 Å². The quantitative estimate of drug-likeness (QED) is 0.486. The SMILES string of the molecule is O=C1NC(c2ccccc2)=C(c2nc3ccccc3s2)[C@H](c2ccc(F)cc2)N1. The number of amides is 2. The van der Waals surface area contributed by atoms with E-state index >= 15 is 0 Å². The van der Waals surface area contributed by atoms with Gasteiger partial charge in [-0.25, -0.2) is 14.2 Å². The molecule has 2 N–H and O–H groups in total. The highest BCUT2D eigenvalue weighted by molar-refractivity contribution is 7.19. The number of urea groups is 1. The Morgan fingerprint density at radius 2 is 1.62 bits per heavy atom. The van der Waals surface area contributed by atoms with Gasteiger partial charge in [-0.1, -0.05) is 54.6 Å². The van der Waals surface area contributed by atoms with E-state index in [0.29, 0.717) is 5.70 Å². The van der Waals surface area contributed by atoms with Gasteiger partial charge in [0.2, 0.25) is 0 Å². The van der Waals surface area contributed by atoms with Crippen molar-refractivity contribution >= 4 is 38.9 Å². The van der Waals surface area contributed by atoms with Gasteiger partial charge in [0.25, 0.3) is 0 Å². The Hall–Kier alpha value is -3.51. The fourth-order valence-corrected chi connectivity index (χ4v) is 4.57. The minimum Gasteiger partial charge on any atom is -0.327 e. The lowest BCUT2D eigenvalue weighted by Gasteiger charge is -2.30. The molecule has 5 rings (SSSR count). The number of nitrogens with zero attached hydrogens (tertiary/aromatic N) is 1. The Bertz CT molecular complexity index is 1200. The molecule has 0 spiro atoms. The van der Waals surface area contributed by atoms with Gasteiger partial charge in [-0.3, -0.25) is 0 Å². The van der Waals surface area contributed by atoms with Crippen LogP contribution in [0.25, 0.3) is 21.5 Å². The number of benzene rings is 3. The smallest absolute Gasteiger partial charge is 0.320 e. The minimum absolute atomic E-state index is 0.303. The molecule has 2 heterocycles. The van der Waals surface area contributed by atoms with Crippen molar-refractivity contribution in [1.29, 1.82) is 0 Å². The van der Waals surface area contributed by atoms with Crippen LogP contribution in [0.2, 0.25) is 0 Å². The zero-order valence-corrected chi connectivity index (χ0v) is 16.0. The van der Waals surface area contributed by atoms with Gasteiger partial charge in [0, 0.05) is 5.57 Å². The number of thiazole rings is 1. The molecule has 6 heteroatoms. The zero-order valence-electron chi connectivity index (χ0n) is 15.2. The summed E-state index contributed by atoms with van der Waals surface area (Å²) < 4.78 is 14.6. The van der Waals surface area contributed by atoms with E-state index in [1.165, 1.54) is 12.1 Å². The fourth-order valence-electron chi connectivity index (χ4n) is 3.52. The third-order valence-electron chi connectivity index (χ3n) is 4.86. The van der Waals surface area contributed by atoms with E-state index in [9.17, 15) is 9.18 Å². The van der Waals surface area contributed by atoms with E-state index < -0.39 is 6.04 Å². The molecular weight excluding hydrogens is 385 g/mol. The number of para-hydroxylation sites is 1. The molecule has 1 aliphatic rings. The van der Waals surface area contributed by atoms with Crippen molar-refractivity contribution in [3.63, 3.8) is 0 Å². The first-order chi connectivity index (χ1) is 14.2. The number of carbonyl (C=O) groups is 1. The van der Waals surface area contributed by atoms with Crippen molar-refractivity contribution < 1.29 is 9.18 Å². The first-order valence-electron chi connectivity index (χ1n) is 9.17. The molecule has 0 radical (unpaired) electrons. The van der Waals surface area contributed by atoms with Crippen LogP contribution < -0.4 is 10.6 Å². The number of hydrogen-bond donors (Lipinski definition) is 2. The molecule has 0 fully saturated rings. The molecule has 1 aromatic heterocycles. The molecule has 2 amide bonds. The Morgan fingerprint density at radius 1 is 0.897 bits per heavy atom. The van der Waals surface area contributed by atoms with E-state index in [-0.39, 0.29) is 11.8 Å². The average molecular weight is 401 g/mol. The molecule has 3 aromatic carbocycles. The van der Waals surface area contributed by atoms with Crippen LogP contribution in [0.3, 0.4) is 0 Å². The van der Waals surface area contributed by atoms with E-state index in [1.807, 2.05) is 54.6 Å². The summed E-state index contributed by atoms with van der Waals surface area (Å²) >= 11 is 1.57. The minimum atomic E-state index is -0.444. The second-order valence-electron chi connectivity index (χ2n) is 6.72. The number of aromatic nitrogens is 1. The first-order valence-corrected chi connectivity index (χ1v) is 9.99. The second-order valence-corrected chi connectivity index (χ2v) is 7.76. The van der Waals surface area contributed by atoms with Crippen LogP contribution in [-0.2, 0) is 0 Å². The van der Waals surface area contributed by atoms with Crippen LogP contribution in [0.15, 0.2) is 78.9 Å². The lowest BCUT2D eigenvalue weighted by Crippen LogP contribution is -2.42. The van der Waals surface area contributed by atoms with Crippen LogP contribution in [0.4, 0.5) is 9.18 Å². The molecule has 0 saturated carbocycles. The van der Waals surface area contributed by atoms with Crippen LogP contribution in [0.1, 0.15) is 22.2 Å². The largest absolute Gasteiger partial charge is 0.327 e. The summed E-state index contributed by atoms with van der Waals surface area (Å²) in [6, 6.07) is 23.1. The van der Waals surface area contributed by atoms with Gasteiger partial charge >= 0.3 is 6.03 Å². The number of carbonyl (C=O) groups excluding carboxylic acids is 1. The molecule has 0 saturated heterocycles. The summed E-state index contributed by atoms with van der Waals surface area (Å²) in [5.41, 5.74) is 4.17. The van der Waals surface area contributed by atoms with Crippen molar-refractivity contribution in [1.82, 2.24) is 15.6 Å². The number of halogens is 1. The van der Waals surface area contributed by atoms with Gasteiger partial charge in [-0.15, -0.1) is 11.3 Å². The third kappa shape index (κ3) is 3.28. The summed E-state index contributed by atoms with van der Waals surface area (Å²) in [4.78, 5) is 17.3. The molecule has 4 nitrogen and oxygen atoms in total. The highest BCUT2D eigenvalue weighted by Crippen LogP contribution is 2.40. The molecule has 142 valence electrons.